The number of amides is 2. The average Bonchev–Trinajstić information content (AvgIpc) is 2.51. The number of rotatable bonds is 9. The smallest absolute Gasteiger partial charge is 0.407 e. The van der Waals surface area contributed by atoms with E-state index in [9.17, 15) is 9.59 Å². The number of ether oxygens (including phenoxy) is 2. The third-order valence-corrected chi connectivity index (χ3v) is 4.85. The van der Waals surface area contributed by atoms with Gasteiger partial charge >= 0.3 is 12.2 Å². The minimum Gasteiger partial charge on any atom is -0.450 e. The summed E-state index contributed by atoms with van der Waals surface area (Å²) in [5.74, 6) is 0. The average molecular weight is 371 g/mol. The van der Waals surface area contributed by atoms with Crippen LogP contribution in [0, 0.1) is 10.8 Å². The number of alkyl carbamates (subject to hydrolysis) is 2. The zero-order valence-electron chi connectivity index (χ0n) is 17.3. The molecule has 152 valence electrons. The summed E-state index contributed by atoms with van der Waals surface area (Å²) in [4.78, 5) is 23.8. The molecule has 0 aromatic rings. The fourth-order valence-corrected chi connectivity index (χ4v) is 4.02. The number of carbonyl (C=O) groups is 2. The molecular formula is C20H38N2O4. The lowest BCUT2D eigenvalue weighted by Crippen LogP contribution is -2.48. The third kappa shape index (κ3) is 8.77. The van der Waals surface area contributed by atoms with Gasteiger partial charge in [-0.25, -0.2) is 9.59 Å². The summed E-state index contributed by atoms with van der Waals surface area (Å²) >= 11 is 0. The van der Waals surface area contributed by atoms with E-state index in [0.717, 1.165) is 44.9 Å². The highest BCUT2D eigenvalue weighted by molar-refractivity contribution is 5.67. The molecule has 1 saturated carbocycles. The van der Waals surface area contributed by atoms with Crippen molar-refractivity contribution < 1.29 is 19.1 Å². The van der Waals surface area contributed by atoms with E-state index in [1.54, 1.807) is 0 Å². The predicted molar refractivity (Wildman–Crippen MR) is 103 cm³/mol. The fraction of sp³-hybridized carbons (Fsp3) is 0.900. The summed E-state index contributed by atoms with van der Waals surface area (Å²) in [5, 5.41) is 5.78. The third-order valence-electron chi connectivity index (χ3n) is 4.85. The molecule has 1 rings (SSSR count). The summed E-state index contributed by atoms with van der Waals surface area (Å²) in [6, 6.07) is 0.0321. The molecule has 0 aromatic heterocycles. The van der Waals surface area contributed by atoms with Crippen LogP contribution in [0.1, 0.15) is 79.6 Å². The van der Waals surface area contributed by atoms with Gasteiger partial charge in [-0.05, 0) is 37.5 Å². The molecule has 1 aliphatic rings. The van der Waals surface area contributed by atoms with Crippen LogP contribution in [-0.2, 0) is 9.47 Å². The van der Waals surface area contributed by atoms with Gasteiger partial charge in [-0.15, -0.1) is 0 Å². The lowest BCUT2D eigenvalue weighted by atomic mass is 9.63. The molecule has 1 fully saturated rings. The van der Waals surface area contributed by atoms with E-state index in [1.807, 2.05) is 0 Å². The minimum absolute atomic E-state index is 0.0321. The van der Waals surface area contributed by atoms with Crippen LogP contribution in [0.5, 0.6) is 0 Å². The van der Waals surface area contributed by atoms with E-state index in [-0.39, 0.29) is 29.1 Å². The summed E-state index contributed by atoms with van der Waals surface area (Å²) in [5.41, 5.74) is -0.0956. The summed E-state index contributed by atoms with van der Waals surface area (Å²) in [6.07, 6.45) is 5.79. The van der Waals surface area contributed by atoms with Crippen molar-refractivity contribution in [3.63, 3.8) is 0 Å². The lowest BCUT2D eigenvalue weighted by Gasteiger charge is -2.46. The van der Waals surface area contributed by atoms with Crippen LogP contribution < -0.4 is 10.6 Å². The first-order chi connectivity index (χ1) is 12.2. The van der Waals surface area contributed by atoms with E-state index in [2.05, 4.69) is 45.3 Å². The van der Waals surface area contributed by atoms with Gasteiger partial charge in [0, 0.05) is 18.0 Å². The highest BCUT2D eigenvalue weighted by Gasteiger charge is 2.42. The van der Waals surface area contributed by atoms with Crippen LogP contribution in [0.3, 0.4) is 0 Å². The maximum atomic E-state index is 12.0. The molecule has 2 N–H and O–H groups in total. The van der Waals surface area contributed by atoms with Crippen LogP contribution in [0.4, 0.5) is 9.59 Å². The molecule has 0 aliphatic heterocycles. The number of carbonyl (C=O) groups excluding carboxylic acids is 2. The maximum absolute atomic E-state index is 12.0. The summed E-state index contributed by atoms with van der Waals surface area (Å²) in [6.45, 7) is 12.1. The van der Waals surface area contributed by atoms with Gasteiger partial charge < -0.3 is 20.1 Å². The molecule has 6 nitrogen and oxygen atoms in total. The van der Waals surface area contributed by atoms with Gasteiger partial charge in [0.2, 0.25) is 0 Å². The first kappa shape index (κ1) is 22.6. The predicted octanol–water partition coefficient (Wildman–Crippen LogP) is 4.62. The summed E-state index contributed by atoms with van der Waals surface area (Å²) in [7, 11) is 0. The Bertz CT molecular complexity index is 453. The molecule has 2 amide bonds. The molecule has 26 heavy (non-hydrogen) atoms. The van der Waals surface area contributed by atoms with E-state index in [1.165, 1.54) is 0 Å². The topological polar surface area (TPSA) is 76.7 Å². The highest BCUT2D eigenvalue weighted by Crippen LogP contribution is 2.46. The van der Waals surface area contributed by atoms with Crippen molar-refractivity contribution in [1.82, 2.24) is 10.6 Å². The Morgan fingerprint density at radius 3 is 2.35 bits per heavy atom. The Labute approximate surface area is 158 Å². The quantitative estimate of drug-likeness (QED) is 0.580. The Morgan fingerprint density at radius 2 is 1.69 bits per heavy atom. The van der Waals surface area contributed by atoms with Crippen LogP contribution >= 0.6 is 0 Å². The fourth-order valence-electron chi connectivity index (χ4n) is 4.02. The number of hydrogen-bond acceptors (Lipinski definition) is 4. The van der Waals surface area contributed by atoms with Gasteiger partial charge in [-0.1, -0.05) is 47.5 Å². The van der Waals surface area contributed by atoms with Crippen molar-refractivity contribution in [3.05, 3.63) is 0 Å². The van der Waals surface area contributed by atoms with Crippen LogP contribution in [0.15, 0.2) is 0 Å². The second kappa shape index (κ2) is 10.6. The second-order valence-electron chi connectivity index (χ2n) is 8.75. The largest absolute Gasteiger partial charge is 0.450 e. The van der Waals surface area contributed by atoms with E-state index < -0.39 is 0 Å². The van der Waals surface area contributed by atoms with Gasteiger partial charge in [0.25, 0.3) is 0 Å². The minimum atomic E-state index is -0.355. The number of hydrogen-bond donors (Lipinski definition) is 2. The standard InChI is InChI=1S/C20H38N2O4/c1-6-8-10-21-17(23)26-15-20(5)13-16(12-19(3,4)14-20)22-18(24)25-11-9-7-2/h16H,6-15H2,1-5H3,(H,21,23)(H,22,24). The van der Waals surface area contributed by atoms with Crippen LogP contribution in [0.2, 0.25) is 0 Å². The lowest BCUT2D eigenvalue weighted by molar-refractivity contribution is 0.0110. The van der Waals surface area contributed by atoms with Crippen molar-refractivity contribution >= 4 is 12.2 Å². The normalized spacial score (nSPS) is 24.6. The first-order valence-electron chi connectivity index (χ1n) is 10.0. The monoisotopic (exact) mass is 370 g/mol. The molecule has 6 heteroatoms. The van der Waals surface area contributed by atoms with Gasteiger partial charge in [0.1, 0.15) is 0 Å². The van der Waals surface area contributed by atoms with Crippen molar-refractivity contribution in [2.24, 2.45) is 10.8 Å². The van der Waals surface area contributed by atoms with Crippen LogP contribution in [-0.4, -0.2) is 38.0 Å². The molecule has 0 radical (unpaired) electrons. The highest BCUT2D eigenvalue weighted by atomic mass is 16.6. The van der Waals surface area contributed by atoms with Gasteiger partial charge in [0.05, 0.1) is 13.2 Å². The van der Waals surface area contributed by atoms with Gasteiger partial charge in [-0.3, -0.25) is 0 Å². The molecule has 0 saturated heterocycles. The summed E-state index contributed by atoms with van der Waals surface area (Å²) < 4.78 is 10.7. The van der Waals surface area contributed by atoms with Crippen molar-refractivity contribution in [2.75, 3.05) is 19.8 Å². The SMILES string of the molecule is CCCCNC(=O)OCC1(C)CC(NC(=O)OCCCC)CC(C)(C)C1. The van der Waals surface area contributed by atoms with Crippen molar-refractivity contribution in [3.8, 4) is 0 Å². The van der Waals surface area contributed by atoms with Gasteiger partial charge in [-0.2, -0.15) is 0 Å². The molecule has 0 aromatic carbocycles. The number of nitrogens with one attached hydrogen (secondary N) is 2. The molecule has 2 unspecified atom stereocenters. The molecule has 1 aliphatic carbocycles. The van der Waals surface area contributed by atoms with Crippen molar-refractivity contribution in [1.29, 1.82) is 0 Å². The molecule has 2 atom stereocenters. The van der Waals surface area contributed by atoms with E-state index >= 15 is 0 Å². The van der Waals surface area contributed by atoms with E-state index in [4.69, 9.17) is 9.47 Å². The first-order valence-corrected chi connectivity index (χ1v) is 10.0. The molecule has 0 heterocycles. The van der Waals surface area contributed by atoms with Crippen LogP contribution in [0.25, 0.3) is 0 Å². The Morgan fingerprint density at radius 1 is 1.00 bits per heavy atom. The number of unbranched alkanes of at least 4 members (excludes halogenated alkanes) is 2. The van der Waals surface area contributed by atoms with Crippen molar-refractivity contribution in [2.45, 2.75) is 85.6 Å². The Hall–Kier alpha value is -1.46. The zero-order chi connectivity index (χ0) is 19.6. The molecule has 0 bridgehead atoms. The zero-order valence-corrected chi connectivity index (χ0v) is 17.3. The maximum Gasteiger partial charge on any atom is 0.407 e. The molecule has 0 spiro atoms. The second-order valence-corrected chi connectivity index (χ2v) is 8.75. The molecular weight excluding hydrogens is 332 g/mol. The Kier molecular flexibility index (Phi) is 9.23. The van der Waals surface area contributed by atoms with E-state index in [0.29, 0.717) is 19.8 Å². The Balaban J connectivity index is 2.53. The van der Waals surface area contributed by atoms with Gasteiger partial charge in [0.15, 0.2) is 0 Å².